The maximum absolute atomic E-state index is 12.2. The average Bonchev–Trinajstić information content (AvgIpc) is 3.21. The zero-order valence-corrected chi connectivity index (χ0v) is 11.2. The normalized spacial score (nSPS) is 14.4. The molecule has 1 aliphatic rings. The average molecular weight is 255 g/mol. The quantitative estimate of drug-likeness (QED) is 0.914. The summed E-state index contributed by atoms with van der Waals surface area (Å²) in [5.74, 6) is -0.0657. The van der Waals surface area contributed by atoms with Crippen LogP contribution in [-0.2, 0) is 0 Å². The van der Waals surface area contributed by atoms with Crippen LogP contribution in [-0.4, -0.2) is 31.0 Å². The molecule has 0 atom stereocenters. The lowest BCUT2D eigenvalue weighted by Crippen LogP contribution is -2.26. The highest BCUT2D eigenvalue weighted by Gasteiger charge is 2.25. The number of amides is 1. The van der Waals surface area contributed by atoms with Crippen LogP contribution in [0.25, 0.3) is 10.8 Å². The van der Waals surface area contributed by atoms with E-state index in [0.29, 0.717) is 11.7 Å². The Hall–Kier alpha value is -2.10. The van der Waals surface area contributed by atoms with E-state index >= 15 is 0 Å². The van der Waals surface area contributed by atoms with E-state index in [-0.39, 0.29) is 5.91 Å². The monoisotopic (exact) mass is 255 g/mol. The molecule has 1 aromatic carbocycles. The van der Waals surface area contributed by atoms with Gasteiger partial charge in [0.2, 0.25) is 0 Å². The third kappa shape index (κ3) is 2.38. The maximum Gasteiger partial charge on any atom is 0.270 e. The Morgan fingerprint density at radius 3 is 2.79 bits per heavy atom. The largest absolute Gasteiger partial charge is 0.378 e. The molecular formula is C15H17N3O. The van der Waals surface area contributed by atoms with Crippen molar-refractivity contribution in [2.45, 2.75) is 18.9 Å². The van der Waals surface area contributed by atoms with Gasteiger partial charge in [-0.1, -0.05) is 6.07 Å². The summed E-state index contributed by atoms with van der Waals surface area (Å²) in [5, 5.41) is 4.95. The third-order valence-electron chi connectivity index (χ3n) is 3.39. The fourth-order valence-corrected chi connectivity index (χ4v) is 2.10. The third-order valence-corrected chi connectivity index (χ3v) is 3.39. The number of hydrogen-bond acceptors (Lipinski definition) is 3. The minimum atomic E-state index is -0.0657. The van der Waals surface area contributed by atoms with Gasteiger partial charge in [-0.15, -0.1) is 0 Å². The van der Waals surface area contributed by atoms with Gasteiger partial charge in [-0.3, -0.25) is 9.78 Å². The zero-order valence-electron chi connectivity index (χ0n) is 11.2. The number of hydrogen-bond donors (Lipinski definition) is 1. The van der Waals surface area contributed by atoms with E-state index < -0.39 is 0 Å². The highest BCUT2D eigenvalue weighted by atomic mass is 16.2. The molecule has 1 aromatic heterocycles. The maximum atomic E-state index is 12.2. The first-order chi connectivity index (χ1) is 9.15. The number of anilines is 1. The Kier molecular flexibility index (Phi) is 2.85. The van der Waals surface area contributed by atoms with Crippen molar-refractivity contribution < 1.29 is 4.79 Å². The Morgan fingerprint density at radius 2 is 2.11 bits per heavy atom. The first-order valence-electron chi connectivity index (χ1n) is 6.52. The fourth-order valence-electron chi connectivity index (χ4n) is 2.10. The van der Waals surface area contributed by atoms with Crippen LogP contribution in [0.3, 0.4) is 0 Å². The van der Waals surface area contributed by atoms with Gasteiger partial charge in [0.05, 0.1) is 0 Å². The van der Waals surface area contributed by atoms with Crippen LogP contribution in [0.15, 0.2) is 30.5 Å². The van der Waals surface area contributed by atoms with Crippen LogP contribution >= 0.6 is 0 Å². The van der Waals surface area contributed by atoms with Gasteiger partial charge < -0.3 is 10.2 Å². The second kappa shape index (κ2) is 4.53. The second-order valence-corrected chi connectivity index (χ2v) is 5.21. The van der Waals surface area contributed by atoms with Crippen molar-refractivity contribution in [2.75, 3.05) is 19.0 Å². The van der Waals surface area contributed by atoms with Gasteiger partial charge in [-0.2, -0.15) is 0 Å². The summed E-state index contributed by atoms with van der Waals surface area (Å²) in [4.78, 5) is 18.5. The number of carbonyl (C=O) groups excluding carboxylic acids is 1. The van der Waals surface area contributed by atoms with Gasteiger partial charge in [0.1, 0.15) is 5.69 Å². The van der Waals surface area contributed by atoms with E-state index in [9.17, 15) is 4.79 Å². The molecule has 4 nitrogen and oxygen atoms in total. The molecule has 1 fully saturated rings. The summed E-state index contributed by atoms with van der Waals surface area (Å²) in [7, 11) is 3.98. The Bertz CT molecular complexity index is 632. The highest BCUT2D eigenvalue weighted by Crippen LogP contribution is 2.24. The molecule has 2 aromatic rings. The predicted molar refractivity (Wildman–Crippen MR) is 76.6 cm³/mol. The highest BCUT2D eigenvalue weighted by molar-refractivity contribution is 6.06. The van der Waals surface area contributed by atoms with Crippen LogP contribution < -0.4 is 10.2 Å². The molecule has 98 valence electrons. The molecule has 0 saturated heterocycles. The minimum absolute atomic E-state index is 0.0657. The Balaban J connectivity index is 2.06. The number of carbonyl (C=O) groups is 1. The molecule has 0 aliphatic heterocycles. The summed E-state index contributed by atoms with van der Waals surface area (Å²) in [6, 6.07) is 8.37. The van der Waals surface area contributed by atoms with E-state index in [1.807, 2.05) is 43.3 Å². The molecule has 19 heavy (non-hydrogen) atoms. The lowest BCUT2D eigenvalue weighted by Gasteiger charge is -2.14. The summed E-state index contributed by atoms with van der Waals surface area (Å²) in [6.07, 6.45) is 3.86. The summed E-state index contributed by atoms with van der Waals surface area (Å²) in [5.41, 5.74) is 1.59. The number of aromatic nitrogens is 1. The molecule has 1 saturated carbocycles. The lowest BCUT2D eigenvalue weighted by atomic mass is 10.1. The molecule has 0 bridgehead atoms. The number of nitrogens with zero attached hydrogens (tertiary/aromatic N) is 2. The summed E-state index contributed by atoms with van der Waals surface area (Å²) >= 11 is 0. The molecule has 1 amide bonds. The van der Waals surface area contributed by atoms with Gasteiger partial charge in [-0.05, 0) is 36.4 Å². The first kappa shape index (κ1) is 12.0. The Morgan fingerprint density at radius 1 is 1.32 bits per heavy atom. The van der Waals surface area contributed by atoms with Crippen molar-refractivity contribution in [3.8, 4) is 0 Å². The number of nitrogens with one attached hydrogen (secondary N) is 1. The Labute approximate surface area is 112 Å². The molecule has 0 spiro atoms. The summed E-state index contributed by atoms with van der Waals surface area (Å²) in [6.45, 7) is 0. The van der Waals surface area contributed by atoms with E-state index in [2.05, 4.69) is 10.3 Å². The van der Waals surface area contributed by atoms with Crippen LogP contribution in [0.1, 0.15) is 23.3 Å². The molecule has 4 heteroatoms. The topological polar surface area (TPSA) is 45.2 Å². The molecule has 0 radical (unpaired) electrons. The van der Waals surface area contributed by atoms with Crippen LogP contribution in [0.5, 0.6) is 0 Å². The van der Waals surface area contributed by atoms with Crippen molar-refractivity contribution in [3.63, 3.8) is 0 Å². The van der Waals surface area contributed by atoms with E-state index in [1.54, 1.807) is 6.20 Å². The lowest BCUT2D eigenvalue weighted by molar-refractivity contribution is 0.0948. The molecule has 3 rings (SSSR count). The minimum Gasteiger partial charge on any atom is -0.378 e. The molecule has 1 N–H and O–H groups in total. The van der Waals surface area contributed by atoms with Crippen molar-refractivity contribution in [2.24, 2.45) is 0 Å². The number of benzene rings is 1. The van der Waals surface area contributed by atoms with Gasteiger partial charge in [0.15, 0.2) is 0 Å². The van der Waals surface area contributed by atoms with Crippen LogP contribution in [0.2, 0.25) is 0 Å². The smallest absolute Gasteiger partial charge is 0.270 e. The van der Waals surface area contributed by atoms with Gasteiger partial charge in [0.25, 0.3) is 5.91 Å². The SMILES string of the molecule is CN(C)c1ccc2ccnc(C(=O)NC3CC3)c2c1. The molecule has 0 unspecified atom stereocenters. The molecule has 1 aliphatic carbocycles. The van der Waals surface area contributed by atoms with Crippen LogP contribution in [0, 0.1) is 0 Å². The number of rotatable bonds is 3. The van der Waals surface area contributed by atoms with Gasteiger partial charge in [-0.25, -0.2) is 0 Å². The zero-order chi connectivity index (χ0) is 13.4. The predicted octanol–water partition coefficient (Wildman–Crippen LogP) is 2.19. The fraction of sp³-hybridized carbons (Fsp3) is 0.333. The summed E-state index contributed by atoms with van der Waals surface area (Å²) < 4.78 is 0. The van der Waals surface area contributed by atoms with E-state index in [0.717, 1.165) is 29.3 Å². The second-order valence-electron chi connectivity index (χ2n) is 5.21. The molecule has 1 heterocycles. The van der Waals surface area contributed by atoms with Crippen molar-refractivity contribution >= 4 is 22.4 Å². The number of fused-ring (bicyclic) bond motifs is 1. The number of pyridine rings is 1. The first-order valence-corrected chi connectivity index (χ1v) is 6.52. The van der Waals surface area contributed by atoms with Crippen LogP contribution in [0.4, 0.5) is 5.69 Å². The van der Waals surface area contributed by atoms with Gasteiger partial charge >= 0.3 is 0 Å². The van der Waals surface area contributed by atoms with Crippen molar-refractivity contribution in [1.82, 2.24) is 10.3 Å². The van der Waals surface area contributed by atoms with E-state index in [1.165, 1.54) is 0 Å². The van der Waals surface area contributed by atoms with E-state index in [4.69, 9.17) is 0 Å². The molecular weight excluding hydrogens is 238 g/mol. The van der Waals surface area contributed by atoms with Crippen molar-refractivity contribution in [1.29, 1.82) is 0 Å². The van der Waals surface area contributed by atoms with Gasteiger partial charge in [0, 0.05) is 37.4 Å². The van der Waals surface area contributed by atoms with Crippen molar-refractivity contribution in [3.05, 3.63) is 36.2 Å². The standard InChI is InChI=1S/C15H17N3O/c1-18(2)12-6-3-10-7-8-16-14(13(10)9-12)15(19)17-11-4-5-11/h3,6-9,11H,4-5H2,1-2H3,(H,17,19).